The van der Waals surface area contributed by atoms with Crippen molar-refractivity contribution in [3.05, 3.63) is 77.5 Å². The predicted octanol–water partition coefficient (Wildman–Crippen LogP) is 2.83. The molecular formula is C19H20N2O4S. The molecule has 7 heteroatoms. The van der Waals surface area contributed by atoms with Crippen molar-refractivity contribution in [1.82, 2.24) is 9.88 Å². The van der Waals surface area contributed by atoms with Gasteiger partial charge < -0.3 is 14.3 Å². The van der Waals surface area contributed by atoms with Crippen LogP contribution in [-0.4, -0.2) is 18.9 Å². The zero-order chi connectivity index (χ0) is 18.7. The molecule has 0 radical (unpaired) electrons. The van der Waals surface area contributed by atoms with Crippen molar-refractivity contribution >= 4 is 15.7 Å². The summed E-state index contributed by atoms with van der Waals surface area (Å²) in [6, 6.07) is 13.6. The molecule has 0 spiro atoms. The zero-order valence-corrected chi connectivity index (χ0v) is 15.4. The van der Waals surface area contributed by atoms with Gasteiger partial charge in [0.25, 0.3) is 5.91 Å². The van der Waals surface area contributed by atoms with Gasteiger partial charge in [-0.1, -0.05) is 18.2 Å². The summed E-state index contributed by atoms with van der Waals surface area (Å²) in [5, 5.41) is 2.77. The van der Waals surface area contributed by atoms with Gasteiger partial charge in [0.15, 0.2) is 15.6 Å². The lowest BCUT2D eigenvalue weighted by Crippen LogP contribution is -2.25. The van der Waals surface area contributed by atoms with Gasteiger partial charge in [-0.05, 0) is 37.3 Å². The number of hydrogen-bond donors (Lipinski definition) is 1. The van der Waals surface area contributed by atoms with E-state index in [0.29, 0.717) is 12.1 Å². The minimum absolute atomic E-state index is 0.0236. The average molecular weight is 372 g/mol. The molecule has 3 rings (SSSR count). The summed E-state index contributed by atoms with van der Waals surface area (Å²) in [4.78, 5) is 12.6. The molecule has 6 nitrogen and oxygen atoms in total. The first-order valence-electron chi connectivity index (χ1n) is 8.12. The van der Waals surface area contributed by atoms with Crippen LogP contribution in [0.2, 0.25) is 0 Å². The van der Waals surface area contributed by atoms with Gasteiger partial charge in [0.2, 0.25) is 0 Å². The van der Waals surface area contributed by atoms with Crippen molar-refractivity contribution in [2.24, 2.45) is 7.05 Å². The number of aryl methyl sites for hydroxylation is 1. The van der Waals surface area contributed by atoms with Crippen molar-refractivity contribution in [2.45, 2.75) is 24.1 Å². The van der Waals surface area contributed by atoms with Gasteiger partial charge in [-0.15, -0.1) is 0 Å². The highest BCUT2D eigenvalue weighted by Crippen LogP contribution is 2.20. The summed E-state index contributed by atoms with van der Waals surface area (Å²) < 4.78 is 32.3. The number of benzene rings is 1. The molecule has 0 unspecified atom stereocenters. The Kier molecular flexibility index (Phi) is 4.99. The Bertz CT molecular complexity index is 1020. The second-order valence-corrected chi connectivity index (χ2v) is 8.04. The maximum Gasteiger partial charge on any atom is 0.287 e. The fourth-order valence-corrected chi connectivity index (χ4v) is 4.04. The number of nitrogens with zero attached hydrogens (tertiary/aromatic N) is 1. The third kappa shape index (κ3) is 3.72. The van der Waals surface area contributed by atoms with Gasteiger partial charge in [-0.3, -0.25) is 4.79 Å². The third-order valence-corrected chi connectivity index (χ3v) is 5.99. The predicted molar refractivity (Wildman–Crippen MR) is 97.4 cm³/mol. The molecule has 2 heterocycles. The van der Waals surface area contributed by atoms with Crippen LogP contribution in [0.5, 0.6) is 0 Å². The van der Waals surface area contributed by atoms with Crippen molar-refractivity contribution in [3.8, 4) is 0 Å². The Hall–Kier alpha value is -2.80. The van der Waals surface area contributed by atoms with E-state index in [1.54, 1.807) is 18.2 Å². The first kappa shape index (κ1) is 18.0. The summed E-state index contributed by atoms with van der Waals surface area (Å²) >= 11 is 0. The smallest absolute Gasteiger partial charge is 0.287 e. The van der Waals surface area contributed by atoms with Crippen LogP contribution in [0.4, 0.5) is 0 Å². The molecule has 0 bridgehead atoms. The third-order valence-electron chi connectivity index (χ3n) is 4.31. The van der Waals surface area contributed by atoms with E-state index in [1.165, 1.54) is 24.5 Å². The Balaban J connectivity index is 1.74. The fraction of sp³-hybridized carbons (Fsp3) is 0.211. The van der Waals surface area contributed by atoms with Gasteiger partial charge >= 0.3 is 0 Å². The zero-order valence-electron chi connectivity index (χ0n) is 14.6. The van der Waals surface area contributed by atoms with Crippen molar-refractivity contribution < 1.29 is 17.6 Å². The first-order chi connectivity index (χ1) is 12.4. The number of rotatable bonds is 6. The van der Waals surface area contributed by atoms with Crippen LogP contribution in [0, 0.1) is 6.92 Å². The van der Waals surface area contributed by atoms with Crippen LogP contribution < -0.4 is 5.32 Å². The molecule has 1 amide bonds. The highest BCUT2D eigenvalue weighted by atomic mass is 32.2. The standard InChI is InChI=1S/C19H20N2O4S/c1-14-8-9-16(21(14)2)12-20-19(22)18-15(10-11-25-18)13-26(23,24)17-6-4-3-5-7-17/h3-11H,12-13H2,1-2H3,(H,20,22). The first-order valence-corrected chi connectivity index (χ1v) is 9.77. The van der Waals surface area contributed by atoms with E-state index >= 15 is 0 Å². The Morgan fingerprint density at radius 1 is 1.12 bits per heavy atom. The number of hydrogen-bond acceptors (Lipinski definition) is 4. The van der Waals surface area contributed by atoms with Crippen LogP contribution in [0.3, 0.4) is 0 Å². The topological polar surface area (TPSA) is 81.3 Å². The number of sulfone groups is 1. The number of carbonyl (C=O) groups is 1. The highest BCUT2D eigenvalue weighted by Gasteiger charge is 2.22. The van der Waals surface area contributed by atoms with Gasteiger partial charge in [-0.25, -0.2) is 8.42 Å². The Labute approximate surface area is 152 Å². The lowest BCUT2D eigenvalue weighted by molar-refractivity contribution is 0.0921. The maximum atomic E-state index is 12.5. The van der Waals surface area contributed by atoms with E-state index < -0.39 is 15.7 Å². The lowest BCUT2D eigenvalue weighted by Gasteiger charge is -2.08. The molecule has 0 saturated carbocycles. The molecule has 0 atom stereocenters. The molecule has 1 aromatic carbocycles. The molecule has 0 aliphatic rings. The van der Waals surface area contributed by atoms with E-state index in [1.807, 2.05) is 30.7 Å². The van der Waals surface area contributed by atoms with Crippen LogP contribution in [-0.2, 0) is 29.2 Å². The number of nitrogens with one attached hydrogen (secondary N) is 1. The number of aromatic nitrogens is 1. The lowest BCUT2D eigenvalue weighted by atomic mass is 10.2. The van der Waals surface area contributed by atoms with Crippen LogP contribution in [0.15, 0.2) is 64.1 Å². The van der Waals surface area contributed by atoms with E-state index in [4.69, 9.17) is 4.42 Å². The van der Waals surface area contributed by atoms with E-state index in [0.717, 1.165) is 11.4 Å². The highest BCUT2D eigenvalue weighted by molar-refractivity contribution is 7.90. The SMILES string of the molecule is Cc1ccc(CNC(=O)c2occc2CS(=O)(=O)c2ccccc2)n1C. The van der Waals surface area contributed by atoms with Crippen molar-refractivity contribution in [2.75, 3.05) is 0 Å². The molecule has 0 aliphatic carbocycles. The average Bonchev–Trinajstić information content (AvgIpc) is 3.21. The van der Waals surface area contributed by atoms with E-state index in [9.17, 15) is 13.2 Å². The van der Waals surface area contributed by atoms with Crippen molar-refractivity contribution in [3.63, 3.8) is 0 Å². The maximum absolute atomic E-state index is 12.5. The molecular weight excluding hydrogens is 352 g/mol. The number of amides is 1. The van der Waals surface area contributed by atoms with Crippen molar-refractivity contribution in [1.29, 1.82) is 0 Å². The quantitative estimate of drug-likeness (QED) is 0.721. The minimum Gasteiger partial charge on any atom is -0.459 e. The van der Waals surface area contributed by atoms with Gasteiger partial charge in [-0.2, -0.15) is 0 Å². The molecule has 0 aliphatic heterocycles. The number of carbonyl (C=O) groups excluding carboxylic acids is 1. The number of furan rings is 1. The molecule has 0 saturated heterocycles. The van der Waals surface area contributed by atoms with Crippen LogP contribution in [0.25, 0.3) is 0 Å². The van der Waals surface area contributed by atoms with E-state index in [-0.39, 0.29) is 16.4 Å². The summed E-state index contributed by atoms with van der Waals surface area (Å²) in [5.41, 5.74) is 2.37. The summed E-state index contributed by atoms with van der Waals surface area (Å²) in [6.45, 7) is 2.30. The molecule has 2 aromatic heterocycles. The van der Waals surface area contributed by atoms with E-state index in [2.05, 4.69) is 5.32 Å². The summed E-state index contributed by atoms with van der Waals surface area (Å²) in [7, 11) is -1.64. The largest absolute Gasteiger partial charge is 0.459 e. The molecule has 0 fully saturated rings. The van der Waals surface area contributed by atoms with Gasteiger partial charge in [0.1, 0.15) is 0 Å². The summed E-state index contributed by atoms with van der Waals surface area (Å²) in [5.74, 6) is -0.706. The minimum atomic E-state index is -3.55. The molecule has 26 heavy (non-hydrogen) atoms. The monoisotopic (exact) mass is 372 g/mol. The van der Waals surface area contributed by atoms with Crippen LogP contribution >= 0.6 is 0 Å². The Morgan fingerprint density at radius 3 is 2.50 bits per heavy atom. The van der Waals surface area contributed by atoms with Gasteiger partial charge in [0.05, 0.1) is 23.5 Å². The second kappa shape index (κ2) is 7.21. The molecule has 3 aromatic rings. The van der Waals surface area contributed by atoms with Gasteiger partial charge in [0, 0.05) is 24.0 Å². The Morgan fingerprint density at radius 2 is 1.85 bits per heavy atom. The normalized spacial score (nSPS) is 11.5. The fourth-order valence-electron chi connectivity index (χ4n) is 2.66. The summed E-state index contributed by atoms with van der Waals surface area (Å²) in [6.07, 6.45) is 1.33. The second-order valence-electron chi connectivity index (χ2n) is 6.05. The molecule has 136 valence electrons. The van der Waals surface area contributed by atoms with Crippen LogP contribution in [0.1, 0.15) is 27.5 Å². The molecule has 1 N–H and O–H groups in total.